The zero-order valence-corrected chi connectivity index (χ0v) is 7.67. The Labute approximate surface area is 78.8 Å². The Hall–Kier alpha value is -0.850. The van der Waals surface area contributed by atoms with Gasteiger partial charge in [-0.15, -0.1) is 0 Å². The van der Waals surface area contributed by atoms with Crippen LogP contribution in [0.2, 0.25) is 0 Å². The van der Waals surface area contributed by atoms with Crippen molar-refractivity contribution >= 4 is 0 Å². The van der Waals surface area contributed by atoms with E-state index in [0.717, 1.165) is 11.5 Å². The predicted octanol–water partition coefficient (Wildman–Crippen LogP) is 3.45. The summed E-state index contributed by atoms with van der Waals surface area (Å²) < 4.78 is 12.4. The van der Waals surface area contributed by atoms with Gasteiger partial charge in [0, 0.05) is 5.92 Å². The van der Waals surface area contributed by atoms with Gasteiger partial charge in [-0.05, 0) is 36.8 Å². The molecule has 1 aliphatic carbocycles. The van der Waals surface area contributed by atoms with E-state index in [0.29, 0.717) is 0 Å². The minimum atomic E-state index is -0.367. The van der Waals surface area contributed by atoms with E-state index >= 15 is 0 Å². The molecule has 2 rings (SSSR count). The molecule has 1 saturated carbocycles. The molecule has 1 fully saturated rings. The van der Waals surface area contributed by atoms with Crippen molar-refractivity contribution in [3.05, 3.63) is 42.3 Å². The molecule has 1 aromatic rings. The quantitative estimate of drug-likeness (QED) is 0.663. The minimum Gasteiger partial charge on any atom is -0.250 e. The van der Waals surface area contributed by atoms with Crippen molar-refractivity contribution in [3.63, 3.8) is 0 Å². The molecule has 0 aromatic heterocycles. The molecule has 1 atom stereocenters. The molecule has 1 heteroatoms. The summed E-state index contributed by atoms with van der Waals surface area (Å²) in [7, 11) is 0. The van der Waals surface area contributed by atoms with Crippen LogP contribution in [0.3, 0.4) is 0 Å². The fraction of sp³-hybridized carbons (Fsp3) is 0.417. The summed E-state index contributed by atoms with van der Waals surface area (Å²) in [5, 5.41) is 0. The van der Waals surface area contributed by atoms with Crippen molar-refractivity contribution < 1.29 is 4.39 Å². The smallest absolute Gasteiger partial charge is 0.0962 e. The van der Waals surface area contributed by atoms with Gasteiger partial charge in [-0.3, -0.25) is 4.39 Å². The number of halogens is 1. The molecule has 0 amide bonds. The third kappa shape index (κ3) is 1.90. The van der Waals surface area contributed by atoms with Gasteiger partial charge in [-0.2, -0.15) is 0 Å². The van der Waals surface area contributed by atoms with Gasteiger partial charge >= 0.3 is 0 Å². The van der Waals surface area contributed by atoms with E-state index < -0.39 is 0 Å². The Morgan fingerprint density at radius 3 is 2.85 bits per heavy atom. The van der Waals surface area contributed by atoms with Crippen molar-refractivity contribution in [2.45, 2.75) is 24.7 Å². The summed E-state index contributed by atoms with van der Waals surface area (Å²) >= 11 is 0. The lowest BCUT2D eigenvalue weighted by Gasteiger charge is -2.08. The summed E-state index contributed by atoms with van der Waals surface area (Å²) in [4.78, 5) is 0. The van der Waals surface area contributed by atoms with E-state index in [1.807, 2.05) is 12.1 Å². The summed E-state index contributed by atoms with van der Waals surface area (Å²) in [6, 6.07) is 8.21. The van der Waals surface area contributed by atoms with Crippen LogP contribution in [0.4, 0.5) is 4.39 Å². The maximum Gasteiger partial charge on any atom is 0.0962 e. The average Bonchev–Trinajstić information content (AvgIpc) is 3.00. The third-order valence-corrected chi connectivity index (χ3v) is 2.62. The van der Waals surface area contributed by atoms with Crippen LogP contribution < -0.4 is 0 Å². The van der Waals surface area contributed by atoms with Crippen LogP contribution in [-0.2, 0) is 0 Å². The molecule has 0 aliphatic heterocycles. The molecule has 0 saturated heterocycles. The second kappa shape index (κ2) is 3.49. The van der Waals surface area contributed by atoms with Crippen LogP contribution in [0.5, 0.6) is 0 Å². The van der Waals surface area contributed by atoms with Gasteiger partial charge in [0.1, 0.15) is 0 Å². The Morgan fingerprint density at radius 1 is 1.46 bits per heavy atom. The highest BCUT2D eigenvalue weighted by Crippen LogP contribution is 2.40. The van der Waals surface area contributed by atoms with E-state index in [-0.39, 0.29) is 12.6 Å². The molecule has 1 unspecified atom stereocenters. The first-order chi connectivity index (χ1) is 6.31. The first-order valence-corrected chi connectivity index (χ1v) is 4.80. The monoisotopic (exact) mass is 177 g/mol. The van der Waals surface area contributed by atoms with Gasteiger partial charge in [-0.1, -0.05) is 24.3 Å². The second-order valence-electron chi connectivity index (χ2n) is 3.80. The van der Waals surface area contributed by atoms with Gasteiger partial charge < -0.3 is 0 Å². The number of benzene rings is 1. The Morgan fingerprint density at radius 2 is 2.23 bits per heavy atom. The van der Waals surface area contributed by atoms with E-state index in [4.69, 9.17) is 0 Å². The molecule has 0 bridgehead atoms. The normalized spacial score (nSPS) is 18.6. The summed E-state index contributed by atoms with van der Waals surface area (Å²) in [5.74, 6) is 0.547. The number of alkyl halides is 1. The SMILES string of the molecule is [CH2]C(CF)c1cccc(C2CC2)c1. The lowest BCUT2D eigenvalue weighted by molar-refractivity contribution is 0.465. The zero-order chi connectivity index (χ0) is 9.26. The molecule has 0 N–H and O–H groups in total. The molecule has 1 aromatic carbocycles. The standard InChI is InChI=1S/C12H14F/c1-9(8-13)11-3-2-4-12(7-11)10-5-6-10/h2-4,7,9-10H,1,5-6,8H2. The van der Waals surface area contributed by atoms with Crippen molar-refractivity contribution in [1.29, 1.82) is 0 Å². The van der Waals surface area contributed by atoms with Gasteiger partial charge in [-0.25, -0.2) is 0 Å². The van der Waals surface area contributed by atoms with Crippen LogP contribution in [0.15, 0.2) is 24.3 Å². The first kappa shape index (κ1) is 8.74. The maximum absolute atomic E-state index is 12.4. The second-order valence-corrected chi connectivity index (χ2v) is 3.80. The molecule has 1 aliphatic rings. The van der Waals surface area contributed by atoms with E-state index in [9.17, 15) is 4.39 Å². The van der Waals surface area contributed by atoms with Crippen LogP contribution in [0, 0.1) is 6.92 Å². The zero-order valence-electron chi connectivity index (χ0n) is 7.67. The third-order valence-electron chi connectivity index (χ3n) is 2.62. The van der Waals surface area contributed by atoms with E-state index in [1.54, 1.807) is 0 Å². The largest absolute Gasteiger partial charge is 0.250 e. The summed E-state index contributed by atoms with van der Waals surface area (Å²) in [5.41, 5.74) is 2.39. The Balaban J connectivity index is 2.21. The predicted molar refractivity (Wildman–Crippen MR) is 52.5 cm³/mol. The van der Waals surface area contributed by atoms with Crippen molar-refractivity contribution in [3.8, 4) is 0 Å². The average molecular weight is 177 g/mol. The Kier molecular flexibility index (Phi) is 2.34. The van der Waals surface area contributed by atoms with Gasteiger partial charge in [0.15, 0.2) is 0 Å². The molecular formula is C12H14F. The van der Waals surface area contributed by atoms with Crippen molar-refractivity contribution in [2.75, 3.05) is 6.67 Å². The van der Waals surface area contributed by atoms with Gasteiger partial charge in [0.25, 0.3) is 0 Å². The van der Waals surface area contributed by atoms with Crippen LogP contribution in [-0.4, -0.2) is 6.67 Å². The summed E-state index contributed by atoms with van der Waals surface area (Å²) in [6.07, 6.45) is 2.59. The fourth-order valence-corrected chi connectivity index (χ4v) is 1.57. The lowest BCUT2D eigenvalue weighted by atomic mass is 9.99. The Bertz CT molecular complexity index is 289. The van der Waals surface area contributed by atoms with Gasteiger partial charge in [0.05, 0.1) is 6.67 Å². The van der Waals surface area contributed by atoms with Crippen LogP contribution >= 0.6 is 0 Å². The highest BCUT2D eigenvalue weighted by atomic mass is 19.1. The first-order valence-electron chi connectivity index (χ1n) is 4.80. The molecule has 69 valence electrons. The molecule has 0 spiro atoms. The molecule has 1 radical (unpaired) electrons. The van der Waals surface area contributed by atoms with E-state index in [2.05, 4.69) is 19.1 Å². The maximum atomic E-state index is 12.4. The minimum absolute atomic E-state index is 0.196. The molecule has 13 heavy (non-hydrogen) atoms. The molecule has 0 nitrogen and oxygen atoms in total. The van der Waals surface area contributed by atoms with Gasteiger partial charge in [0.2, 0.25) is 0 Å². The lowest BCUT2D eigenvalue weighted by Crippen LogP contribution is -1.96. The molecule has 0 heterocycles. The van der Waals surface area contributed by atoms with Crippen LogP contribution in [0.1, 0.15) is 35.8 Å². The number of rotatable bonds is 3. The topological polar surface area (TPSA) is 0 Å². The van der Waals surface area contributed by atoms with Crippen molar-refractivity contribution in [1.82, 2.24) is 0 Å². The molecular weight excluding hydrogens is 163 g/mol. The van der Waals surface area contributed by atoms with Crippen LogP contribution in [0.25, 0.3) is 0 Å². The highest BCUT2D eigenvalue weighted by Gasteiger charge is 2.23. The number of hydrogen-bond acceptors (Lipinski definition) is 0. The summed E-state index contributed by atoms with van der Waals surface area (Å²) in [6.45, 7) is 3.41. The van der Waals surface area contributed by atoms with Crippen molar-refractivity contribution in [2.24, 2.45) is 0 Å². The number of hydrogen-bond donors (Lipinski definition) is 0. The highest BCUT2D eigenvalue weighted by molar-refractivity contribution is 5.31. The fourth-order valence-electron chi connectivity index (χ4n) is 1.57. The van der Waals surface area contributed by atoms with E-state index in [1.165, 1.54) is 18.4 Å².